The number of thioether (sulfide) groups is 1. The van der Waals surface area contributed by atoms with Crippen molar-refractivity contribution >= 4 is 63.1 Å². The lowest BCUT2D eigenvalue weighted by molar-refractivity contribution is -0.113. The van der Waals surface area contributed by atoms with E-state index in [9.17, 15) is 9.59 Å². The van der Waals surface area contributed by atoms with E-state index in [2.05, 4.69) is 25.6 Å². The highest BCUT2D eigenvalue weighted by Gasteiger charge is 2.10. The average Bonchev–Trinajstić information content (AvgIpc) is 3.14. The van der Waals surface area contributed by atoms with E-state index >= 15 is 0 Å². The molecule has 0 saturated carbocycles. The number of hydrogen-bond acceptors (Lipinski definition) is 8. The largest absolute Gasteiger partial charge is 0.465 e. The first-order valence-corrected chi connectivity index (χ1v) is 10.2. The van der Waals surface area contributed by atoms with Gasteiger partial charge in [-0.15, -0.1) is 10.2 Å². The number of halogens is 1. The fourth-order valence-electron chi connectivity index (χ4n) is 2.14. The Morgan fingerprint density at radius 3 is 2.64 bits per heavy atom. The van der Waals surface area contributed by atoms with Gasteiger partial charge in [-0.25, -0.2) is 4.79 Å². The molecule has 0 spiro atoms. The number of anilines is 3. The Labute approximate surface area is 174 Å². The van der Waals surface area contributed by atoms with E-state index in [-0.39, 0.29) is 11.7 Å². The quantitative estimate of drug-likeness (QED) is 0.419. The van der Waals surface area contributed by atoms with Crippen molar-refractivity contribution in [1.82, 2.24) is 10.2 Å². The summed E-state index contributed by atoms with van der Waals surface area (Å²) < 4.78 is 5.30. The Bertz CT molecular complexity index is 979. The second kappa shape index (κ2) is 9.54. The molecule has 2 N–H and O–H groups in total. The van der Waals surface area contributed by atoms with E-state index in [1.54, 1.807) is 36.4 Å². The van der Waals surface area contributed by atoms with Crippen molar-refractivity contribution < 1.29 is 14.3 Å². The van der Waals surface area contributed by atoms with Gasteiger partial charge in [0, 0.05) is 16.4 Å². The number of carbonyl (C=O) groups is 2. The first-order valence-electron chi connectivity index (χ1n) is 8.00. The lowest BCUT2D eigenvalue weighted by atomic mass is 10.2. The molecular formula is C18H15ClN4O3S2. The zero-order valence-corrected chi connectivity index (χ0v) is 17.0. The van der Waals surface area contributed by atoms with Crippen molar-refractivity contribution in [2.45, 2.75) is 4.34 Å². The molecule has 7 nitrogen and oxygen atoms in total. The minimum atomic E-state index is -0.424. The number of nitrogens with zero attached hydrogens (tertiary/aromatic N) is 2. The fourth-order valence-corrected chi connectivity index (χ4v) is 3.90. The van der Waals surface area contributed by atoms with Crippen molar-refractivity contribution in [3.63, 3.8) is 0 Å². The maximum Gasteiger partial charge on any atom is 0.337 e. The third-order valence-electron chi connectivity index (χ3n) is 3.40. The molecule has 0 aliphatic rings. The number of esters is 1. The van der Waals surface area contributed by atoms with Crippen LogP contribution in [0.15, 0.2) is 52.9 Å². The standard InChI is InChI=1S/C18H15ClN4O3S2/c1-26-16(25)11-5-7-13(8-6-11)20-15(24)10-27-18-23-22-17(28-18)21-14-4-2-3-12(19)9-14/h2-9H,10H2,1H3,(H,20,24)(H,21,22). The van der Waals surface area contributed by atoms with Crippen LogP contribution in [0.4, 0.5) is 16.5 Å². The molecule has 1 heterocycles. The summed E-state index contributed by atoms with van der Waals surface area (Å²) in [5.41, 5.74) is 1.83. The molecule has 0 aliphatic heterocycles. The minimum absolute atomic E-state index is 0.185. The van der Waals surface area contributed by atoms with Gasteiger partial charge >= 0.3 is 5.97 Å². The molecule has 3 aromatic rings. The van der Waals surface area contributed by atoms with E-state index in [1.165, 1.54) is 30.2 Å². The van der Waals surface area contributed by atoms with Crippen LogP contribution < -0.4 is 10.6 Å². The molecule has 10 heteroatoms. The summed E-state index contributed by atoms with van der Waals surface area (Å²) in [6.45, 7) is 0. The summed E-state index contributed by atoms with van der Waals surface area (Å²) in [6.07, 6.45) is 0. The highest BCUT2D eigenvalue weighted by molar-refractivity contribution is 8.01. The van der Waals surface area contributed by atoms with E-state index in [1.807, 2.05) is 12.1 Å². The average molecular weight is 435 g/mol. The van der Waals surface area contributed by atoms with Gasteiger partial charge in [0.2, 0.25) is 11.0 Å². The first kappa shape index (κ1) is 20.1. The molecule has 0 unspecified atom stereocenters. The fraction of sp³-hybridized carbons (Fsp3) is 0.111. The van der Waals surface area contributed by atoms with Gasteiger partial charge in [-0.05, 0) is 42.5 Å². The summed E-state index contributed by atoms with van der Waals surface area (Å²) in [5, 5.41) is 15.2. The molecule has 0 atom stereocenters. The van der Waals surface area contributed by atoms with Gasteiger partial charge in [0.1, 0.15) is 0 Å². The molecule has 28 heavy (non-hydrogen) atoms. The van der Waals surface area contributed by atoms with E-state index in [4.69, 9.17) is 11.6 Å². The molecule has 3 rings (SSSR count). The van der Waals surface area contributed by atoms with Crippen LogP contribution in [-0.4, -0.2) is 34.9 Å². The lowest BCUT2D eigenvalue weighted by Gasteiger charge is -2.05. The molecule has 1 amide bonds. The molecule has 2 aromatic carbocycles. The number of carbonyl (C=O) groups excluding carboxylic acids is 2. The van der Waals surface area contributed by atoms with Gasteiger partial charge < -0.3 is 15.4 Å². The van der Waals surface area contributed by atoms with Gasteiger partial charge in [0.15, 0.2) is 4.34 Å². The molecule has 0 bridgehead atoms. The van der Waals surface area contributed by atoms with Gasteiger partial charge in [0.05, 0.1) is 18.4 Å². The van der Waals surface area contributed by atoms with E-state index in [0.717, 1.165) is 5.69 Å². The minimum Gasteiger partial charge on any atom is -0.465 e. The number of hydrogen-bond donors (Lipinski definition) is 2. The lowest BCUT2D eigenvalue weighted by Crippen LogP contribution is -2.14. The van der Waals surface area contributed by atoms with Gasteiger partial charge in [0.25, 0.3) is 0 Å². The number of benzene rings is 2. The number of amides is 1. The van der Waals surface area contributed by atoms with E-state index < -0.39 is 5.97 Å². The topological polar surface area (TPSA) is 93.2 Å². The van der Waals surface area contributed by atoms with Crippen molar-refractivity contribution in [3.05, 3.63) is 59.1 Å². The van der Waals surface area contributed by atoms with Gasteiger partial charge in [-0.1, -0.05) is 40.8 Å². The van der Waals surface area contributed by atoms with Crippen LogP contribution in [0.1, 0.15) is 10.4 Å². The van der Waals surface area contributed by atoms with Crippen LogP contribution in [0.5, 0.6) is 0 Å². The summed E-state index contributed by atoms with van der Waals surface area (Å²) in [6, 6.07) is 13.8. The molecule has 0 saturated heterocycles. The maximum absolute atomic E-state index is 12.1. The van der Waals surface area contributed by atoms with Crippen molar-refractivity contribution in [2.24, 2.45) is 0 Å². The number of nitrogens with one attached hydrogen (secondary N) is 2. The number of aromatic nitrogens is 2. The summed E-state index contributed by atoms with van der Waals surface area (Å²) in [4.78, 5) is 23.5. The molecule has 0 radical (unpaired) electrons. The Morgan fingerprint density at radius 2 is 1.93 bits per heavy atom. The summed E-state index contributed by atoms with van der Waals surface area (Å²) in [7, 11) is 1.32. The third kappa shape index (κ3) is 5.69. The highest BCUT2D eigenvalue weighted by Crippen LogP contribution is 2.28. The predicted octanol–water partition coefficient (Wildman–Crippen LogP) is 4.45. The smallest absolute Gasteiger partial charge is 0.337 e. The Hall–Kier alpha value is -2.62. The zero-order chi connectivity index (χ0) is 19.9. The Kier molecular flexibility index (Phi) is 6.85. The normalized spacial score (nSPS) is 10.4. The second-order valence-electron chi connectivity index (χ2n) is 5.41. The van der Waals surface area contributed by atoms with Crippen LogP contribution >= 0.6 is 34.7 Å². The maximum atomic E-state index is 12.1. The SMILES string of the molecule is COC(=O)c1ccc(NC(=O)CSc2nnc(Nc3cccc(Cl)c3)s2)cc1. The highest BCUT2D eigenvalue weighted by atomic mass is 35.5. The molecular weight excluding hydrogens is 420 g/mol. The van der Waals surface area contributed by atoms with Crippen LogP contribution in [0.2, 0.25) is 5.02 Å². The van der Waals surface area contributed by atoms with Gasteiger partial charge in [-0.3, -0.25) is 4.79 Å². The number of methoxy groups -OCH3 is 1. The number of rotatable bonds is 7. The monoisotopic (exact) mass is 434 g/mol. The van der Waals surface area contributed by atoms with Crippen LogP contribution in [0.3, 0.4) is 0 Å². The van der Waals surface area contributed by atoms with Crippen LogP contribution in [-0.2, 0) is 9.53 Å². The number of ether oxygens (including phenoxy) is 1. The predicted molar refractivity (Wildman–Crippen MR) is 112 cm³/mol. The molecule has 1 aromatic heterocycles. The van der Waals surface area contributed by atoms with Crippen LogP contribution in [0, 0.1) is 0 Å². The zero-order valence-electron chi connectivity index (χ0n) is 14.6. The molecule has 144 valence electrons. The van der Waals surface area contributed by atoms with Gasteiger partial charge in [-0.2, -0.15) is 0 Å². The summed E-state index contributed by atoms with van der Waals surface area (Å²) >= 11 is 8.59. The molecule has 0 aliphatic carbocycles. The Morgan fingerprint density at radius 1 is 1.14 bits per heavy atom. The van der Waals surface area contributed by atoms with E-state index in [0.29, 0.717) is 25.7 Å². The van der Waals surface area contributed by atoms with Crippen molar-refractivity contribution in [3.8, 4) is 0 Å². The first-order chi connectivity index (χ1) is 13.5. The Balaban J connectivity index is 1.49. The van der Waals surface area contributed by atoms with Crippen molar-refractivity contribution in [2.75, 3.05) is 23.5 Å². The third-order valence-corrected chi connectivity index (χ3v) is 5.61. The second-order valence-corrected chi connectivity index (χ2v) is 8.05. The molecule has 0 fully saturated rings. The van der Waals surface area contributed by atoms with Crippen LogP contribution in [0.25, 0.3) is 0 Å². The van der Waals surface area contributed by atoms with Crippen molar-refractivity contribution in [1.29, 1.82) is 0 Å². The summed E-state index contributed by atoms with van der Waals surface area (Å²) in [5.74, 6) is -0.424.